The van der Waals surface area contributed by atoms with Crippen molar-refractivity contribution in [1.82, 2.24) is 0 Å². The predicted octanol–water partition coefficient (Wildman–Crippen LogP) is 2.79. The highest BCUT2D eigenvalue weighted by Crippen LogP contribution is 2.24. The summed E-state index contributed by atoms with van der Waals surface area (Å²) in [7, 11) is 0. The van der Waals surface area contributed by atoms with Crippen LogP contribution in [0.1, 0.15) is 6.42 Å². The first-order chi connectivity index (χ1) is 5.63. The van der Waals surface area contributed by atoms with E-state index in [4.69, 9.17) is 11.6 Å². The van der Waals surface area contributed by atoms with Crippen molar-refractivity contribution < 1.29 is 13.6 Å². The molecule has 0 aromatic heterocycles. The van der Waals surface area contributed by atoms with Crippen molar-refractivity contribution in [3.8, 4) is 0 Å². The molecule has 0 N–H and O–H groups in total. The summed E-state index contributed by atoms with van der Waals surface area (Å²) < 4.78 is 25.6. The molecule has 0 bridgehead atoms. The summed E-state index contributed by atoms with van der Waals surface area (Å²) in [6, 6.07) is 0. The Morgan fingerprint density at radius 3 is 2.75 bits per heavy atom. The van der Waals surface area contributed by atoms with Crippen LogP contribution in [0.15, 0.2) is 35.5 Å². The first-order valence-corrected chi connectivity index (χ1v) is 3.63. The van der Waals surface area contributed by atoms with Crippen molar-refractivity contribution in [2.45, 2.75) is 6.42 Å². The van der Waals surface area contributed by atoms with Gasteiger partial charge < -0.3 is 0 Å². The lowest BCUT2D eigenvalue weighted by Crippen LogP contribution is -1.96. The molecule has 0 aromatic carbocycles. The van der Waals surface area contributed by atoms with Crippen molar-refractivity contribution in [3.05, 3.63) is 35.5 Å². The van der Waals surface area contributed by atoms with E-state index in [0.717, 1.165) is 12.2 Å². The fourth-order valence-electron chi connectivity index (χ4n) is 0.830. The maximum absolute atomic E-state index is 12.8. The molecule has 12 heavy (non-hydrogen) atoms. The Labute approximate surface area is 73.0 Å². The van der Waals surface area contributed by atoms with Crippen molar-refractivity contribution in [1.29, 1.82) is 0 Å². The highest BCUT2D eigenvalue weighted by atomic mass is 35.5. The monoisotopic (exact) mass is 190 g/mol. The summed E-state index contributed by atoms with van der Waals surface area (Å²) in [5, 5.41) is -1.12. The zero-order chi connectivity index (χ0) is 9.14. The van der Waals surface area contributed by atoms with Crippen molar-refractivity contribution in [2.24, 2.45) is 0 Å². The molecule has 1 nitrogen and oxygen atoms in total. The summed E-state index contributed by atoms with van der Waals surface area (Å²) in [6.45, 7) is 0. The molecule has 0 fully saturated rings. The zero-order valence-corrected chi connectivity index (χ0v) is 6.74. The summed E-state index contributed by atoms with van der Waals surface area (Å²) >= 11 is 4.97. The summed E-state index contributed by atoms with van der Waals surface area (Å²) in [4.78, 5) is 10.5. The largest absolute Gasteiger partial charge is 0.275 e. The third-order valence-corrected chi connectivity index (χ3v) is 1.56. The number of carbonyl (C=O) groups is 1. The Morgan fingerprint density at radius 2 is 2.17 bits per heavy atom. The Morgan fingerprint density at radius 1 is 1.50 bits per heavy atom. The number of halogens is 3. The Hall–Kier alpha value is -0.960. The van der Waals surface area contributed by atoms with Gasteiger partial charge in [0, 0.05) is 0 Å². The van der Waals surface area contributed by atoms with E-state index in [1.165, 1.54) is 6.08 Å². The average Bonchev–Trinajstić information content (AvgIpc) is 2.11. The van der Waals surface area contributed by atoms with Crippen LogP contribution in [0, 0.1) is 0 Å². The average molecular weight is 191 g/mol. The molecule has 1 aliphatic rings. The normalized spacial score (nSPS) is 17.4. The fraction of sp³-hybridized carbons (Fsp3) is 0.125. The molecule has 0 heterocycles. The first-order valence-electron chi connectivity index (χ1n) is 3.25. The topological polar surface area (TPSA) is 17.1 Å². The van der Waals surface area contributed by atoms with Crippen molar-refractivity contribution in [2.75, 3.05) is 0 Å². The molecule has 0 aromatic rings. The highest BCUT2D eigenvalue weighted by Gasteiger charge is 2.18. The van der Waals surface area contributed by atoms with Crippen LogP contribution in [0.2, 0.25) is 0 Å². The summed E-state index contributed by atoms with van der Waals surface area (Å²) in [6.07, 6.45) is 3.78. The standard InChI is InChI=1S/C8H5ClF2O/c9-8(12)7-5(10)3-1-2-4-6(7)11/h1,3-4H,2H2. The smallest absolute Gasteiger partial charge is 0.258 e. The molecule has 64 valence electrons. The lowest BCUT2D eigenvalue weighted by molar-refractivity contribution is -0.108. The molecule has 0 unspecified atom stereocenters. The fourth-order valence-corrected chi connectivity index (χ4v) is 1.01. The molecule has 0 saturated carbocycles. The molecule has 0 atom stereocenters. The van der Waals surface area contributed by atoms with Gasteiger partial charge in [0.05, 0.1) is 0 Å². The molecule has 0 saturated heterocycles. The van der Waals surface area contributed by atoms with E-state index in [0.29, 0.717) is 0 Å². The van der Waals surface area contributed by atoms with Gasteiger partial charge >= 0.3 is 0 Å². The van der Waals surface area contributed by atoms with E-state index >= 15 is 0 Å². The van der Waals surface area contributed by atoms with Crippen LogP contribution in [0.25, 0.3) is 0 Å². The van der Waals surface area contributed by atoms with Crippen molar-refractivity contribution in [3.63, 3.8) is 0 Å². The summed E-state index contributed by atoms with van der Waals surface area (Å²) in [5.41, 5.74) is -0.689. The predicted molar refractivity (Wildman–Crippen MR) is 41.9 cm³/mol. The van der Waals surface area contributed by atoms with Crippen LogP contribution in [0.5, 0.6) is 0 Å². The number of rotatable bonds is 1. The Kier molecular flexibility index (Phi) is 2.76. The molecule has 0 aliphatic heterocycles. The van der Waals surface area contributed by atoms with Crippen LogP contribution in [0.3, 0.4) is 0 Å². The molecule has 0 amide bonds. The maximum Gasteiger partial charge on any atom is 0.258 e. The second kappa shape index (κ2) is 3.63. The molecule has 4 heteroatoms. The van der Waals surface area contributed by atoms with E-state index in [1.807, 2.05) is 0 Å². The molecule has 0 radical (unpaired) electrons. The highest BCUT2D eigenvalue weighted by molar-refractivity contribution is 6.68. The summed E-state index contributed by atoms with van der Waals surface area (Å²) in [5.74, 6) is -1.83. The molecular formula is C8H5ClF2O. The third kappa shape index (κ3) is 1.80. The molecule has 1 aliphatic carbocycles. The van der Waals surface area contributed by atoms with Gasteiger partial charge in [0.1, 0.15) is 17.2 Å². The number of allylic oxidation sites excluding steroid dienone is 6. The van der Waals surface area contributed by atoms with E-state index < -0.39 is 22.5 Å². The van der Waals surface area contributed by atoms with Crippen LogP contribution in [-0.2, 0) is 4.79 Å². The van der Waals surface area contributed by atoms with Gasteiger partial charge in [0.15, 0.2) is 0 Å². The van der Waals surface area contributed by atoms with Gasteiger partial charge in [-0.25, -0.2) is 8.78 Å². The van der Waals surface area contributed by atoms with Gasteiger partial charge in [0.25, 0.3) is 5.24 Å². The minimum atomic E-state index is -1.12. The minimum Gasteiger partial charge on any atom is -0.275 e. The van der Waals surface area contributed by atoms with Gasteiger partial charge in [-0.15, -0.1) is 0 Å². The minimum absolute atomic E-state index is 0.257. The van der Waals surface area contributed by atoms with Crippen LogP contribution in [-0.4, -0.2) is 5.24 Å². The van der Waals surface area contributed by atoms with Gasteiger partial charge in [0.2, 0.25) is 0 Å². The molecule has 0 spiro atoms. The van der Waals surface area contributed by atoms with E-state index in [9.17, 15) is 13.6 Å². The zero-order valence-electron chi connectivity index (χ0n) is 5.98. The quantitative estimate of drug-likeness (QED) is 0.581. The Bertz CT molecular complexity index is 302. The third-order valence-electron chi connectivity index (χ3n) is 1.37. The first kappa shape index (κ1) is 9.13. The van der Waals surface area contributed by atoms with E-state index in [-0.39, 0.29) is 6.42 Å². The second-order valence-corrected chi connectivity index (χ2v) is 2.53. The van der Waals surface area contributed by atoms with Crippen LogP contribution in [0.4, 0.5) is 8.78 Å². The maximum atomic E-state index is 12.8. The van der Waals surface area contributed by atoms with Crippen molar-refractivity contribution >= 4 is 16.8 Å². The van der Waals surface area contributed by atoms with Gasteiger partial charge in [-0.2, -0.15) is 0 Å². The SMILES string of the molecule is O=C(Cl)C1=C(F)C=CCC=C1F. The van der Waals surface area contributed by atoms with Gasteiger partial charge in [-0.1, -0.05) is 6.08 Å². The number of hydrogen-bond donors (Lipinski definition) is 0. The van der Waals surface area contributed by atoms with Gasteiger partial charge in [-0.3, -0.25) is 4.79 Å². The van der Waals surface area contributed by atoms with Gasteiger partial charge in [-0.05, 0) is 30.2 Å². The number of hydrogen-bond acceptors (Lipinski definition) is 1. The molecule has 1 rings (SSSR count). The van der Waals surface area contributed by atoms with E-state index in [1.54, 1.807) is 0 Å². The Balaban J connectivity index is 3.18. The lowest BCUT2D eigenvalue weighted by Gasteiger charge is -1.96. The second-order valence-electron chi connectivity index (χ2n) is 2.19. The van der Waals surface area contributed by atoms with E-state index in [2.05, 4.69) is 0 Å². The molecular weight excluding hydrogens is 186 g/mol. The number of carbonyl (C=O) groups excluding carboxylic acids is 1. The van der Waals surface area contributed by atoms with Crippen LogP contribution >= 0.6 is 11.6 Å². The lowest BCUT2D eigenvalue weighted by atomic mass is 10.2. The van der Waals surface area contributed by atoms with Crippen LogP contribution < -0.4 is 0 Å².